The number of halogens is 3. The molecule has 5 unspecified atom stereocenters. The number of amidine groups is 1. The molecule has 0 aromatic heterocycles. The Morgan fingerprint density at radius 3 is 2.41 bits per heavy atom. The first-order valence-electron chi connectivity index (χ1n) is 9.79. The number of nitrogens with one attached hydrogen (secondary N) is 2. The van der Waals surface area contributed by atoms with Crippen LogP contribution in [0.1, 0.15) is 6.42 Å². The van der Waals surface area contributed by atoms with E-state index in [1.807, 2.05) is 6.07 Å². The molecule has 1 fully saturated rings. The average molecular weight is 467 g/mol. The molecule has 11 heteroatoms. The molecule has 170 valence electrons. The lowest BCUT2D eigenvalue weighted by atomic mass is 9.81. The van der Waals surface area contributed by atoms with E-state index < -0.39 is 35.8 Å². The van der Waals surface area contributed by atoms with Gasteiger partial charge in [-0.05, 0) is 42.8 Å². The number of hydrogen-bond acceptors (Lipinski definition) is 7. The molecule has 4 N–H and O–H groups in total. The molecule has 2 aromatic carbocycles. The normalized spacial score (nSPS) is 27.3. The van der Waals surface area contributed by atoms with Gasteiger partial charge in [-0.15, -0.1) is 13.2 Å². The largest absolute Gasteiger partial charge is 0.573 e. The smallest absolute Gasteiger partial charge is 0.406 e. The Labute approximate surface area is 185 Å². The number of thioether (sulfide) groups is 1. The van der Waals surface area contributed by atoms with Crippen molar-refractivity contribution in [3.63, 3.8) is 0 Å². The van der Waals surface area contributed by atoms with Gasteiger partial charge in [0.1, 0.15) is 11.9 Å². The average Bonchev–Trinajstić information content (AvgIpc) is 3.15. The maximum Gasteiger partial charge on any atom is 0.573 e. The summed E-state index contributed by atoms with van der Waals surface area (Å²) in [5.74, 6) is -1.24. The summed E-state index contributed by atoms with van der Waals surface area (Å²) in [6, 6.07) is 13.3. The van der Waals surface area contributed by atoms with E-state index in [0.717, 1.165) is 12.1 Å². The SMILES string of the molecule is O=C(Nc1ccccc1)C1CC(O)C(O)C2N=C(Nc3ccc(OC(F)(F)F)cc3)SC12. The number of aliphatic hydroxyl groups is 2. The zero-order chi connectivity index (χ0) is 22.9. The topological polar surface area (TPSA) is 103 Å². The maximum absolute atomic E-state index is 12.9. The van der Waals surface area contributed by atoms with Crippen LogP contribution in [0.15, 0.2) is 59.6 Å². The first kappa shape index (κ1) is 22.4. The second kappa shape index (κ2) is 9.00. The highest BCUT2D eigenvalue weighted by Gasteiger charge is 2.50. The van der Waals surface area contributed by atoms with E-state index >= 15 is 0 Å². The van der Waals surface area contributed by atoms with Crippen molar-refractivity contribution in [1.82, 2.24) is 0 Å². The summed E-state index contributed by atoms with van der Waals surface area (Å²) in [6.45, 7) is 0. The Morgan fingerprint density at radius 2 is 1.75 bits per heavy atom. The van der Waals surface area contributed by atoms with Gasteiger partial charge in [0.15, 0.2) is 5.17 Å². The van der Waals surface area contributed by atoms with Crippen LogP contribution in [-0.4, -0.2) is 51.1 Å². The van der Waals surface area contributed by atoms with Crippen LogP contribution in [0.3, 0.4) is 0 Å². The van der Waals surface area contributed by atoms with Gasteiger partial charge in [-0.2, -0.15) is 0 Å². The fourth-order valence-corrected chi connectivity index (χ4v) is 5.11. The standard InChI is InChI=1S/C21H20F3N3O4S/c22-21(23,24)31-13-8-6-12(7-9-13)26-20-27-16-17(29)15(28)10-14(18(16)32-20)19(30)25-11-4-2-1-3-5-11/h1-9,14-18,28-29H,10H2,(H,25,30)(H,26,27). The number of para-hydroxylation sites is 1. The monoisotopic (exact) mass is 467 g/mol. The van der Waals surface area contributed by atoms with Crippen molar-refractivity contribution in [2.75, 3.05) is 10.6 Å². The highest BCUT2D eigenvalue weighted by Crippen LogP contribution is 2.42. The molecule has 0 spiro atoms. The van der Waals surface area contributed by atoms with Crippen LogP contribution < -0.4 is 15.4 Å². The number of rotatable bonds is 4. The zero-order valence-electron chi connectivity index (χ0n) is 16.5. The molecule has 0 saturated heterocycles. The number of aliphatic imine (C=N–C) groups is 1. The van der Waals surface area contributed by atoms with Gasteiger partial charge in [-0.3, -0.25) is 9.79 Å². The van der Waals surface area contributed by atoms with Gasteiger partial charge < -0.3 is 25.6 Å². The molecule has 2 aromatic rings. The molecule has 1 amide bonds. The summed E-state index contributed by atoms with van der Waals surface area (Å²) in [7, 11) is 0. The fourth-order valence-electron chi connectivity index (χ4n) is 3.73. The Morgan fingerprint density at radius 1 is 1.06 bits per heavy atom. The summed E-state index contributed by atoms with van der Waals surface area (Å²) < 4.78 is 40.8. The highest BCUT2D eigenvalue weighted by atomic mass is 32.2. The van der Waals surface area contributed by atoms with E-state index in [4.69, 9.17) is 0 Å². The van der Waals surface area contributed by atoms with Gasteiger partial charge in [0.05, 0.1) is 18.1 Å². The number of benzene rings is 2. The van der Waals surface area contributed by atoms with Crippen LogP contribution in [0.5, 0.6) is 5.75 Å². The van der Waals surface area contributed by atoms with Gasteiger partial charge in [-0.1, -0.05) is 30.0 Å². The number of fused-ring (bicyclic) bond motifs is 1. The van der Waals surface area contributed by atoms with Crippen LogP contribution in [-0.2, 0) is 4.79 Å². The molecular formula is C21H20F3N3O4S. The molecule has 1 aliphatic carbocycles. The van der Waals surface area contributed by atoms with Crippen molar-refractivity contribution in [2.45, 2.75) is 36.3 Å². The molecule has 2 aliphatic rings. The number of carbonyl (C=O) groups excluding carboxylic acids is 1. The van der Waals surface area contributed by atoms with Crippen molar-refractivity contribution < 1.29 is 32.9 Å². The van der Waals surface area contributed by atoms with E-state index in [1.54, 1.807) is 24.3 Å². The van der Waals surface area contributed by atoms with Crippen molar-refractivity contribution in [1.29, 1.82) is 0 Å². The quantitative estimate of drug-likeness (QED) is 0.551. The molecule has 1 saturated carbocycles. The Kier molecular flexibility index (Phi) is 6.31. The summed E-state index contributed by atoms with van der Waals surface area (Å²) in [6.07, 6.45) is -6.93. The van der Waals surface area contributed by atoms with E-state index in [1.165, 1.54) is 23.9 Å². The van der Waals surface area contributed by atoms with Crippen molar-refractivity contribution in [3.8, 4) is 5.75 Å². The number of carbonyl (C=O) groups is 1. The van der Waals surface area contributed by atoms with Crippen LogP contribution in [0.25, 0.3) is 0 Å². The Bertz CT molecular complexity index is 988. The molecular weight excluding hydrogens is 447 g/mol. The molecule has 0 radical (unpaired) electrons. The lowest BCUT2D eigenvalue weighted by molar-refractivity contribution is -0.274. The van der Waals surface area contributed by atoms with Gasteiger partial charge >= 0.3 is 6.36 Å². The first-order valence-corrected chi connectivity index (χ1v) is 10.7. The number of hydrogen-bond donors (Lipinski definition) is 4. The predicted octanol–water partition coefficient (Wildman–Crippen LogP) is 3.22. The van der Waals surface area contributed by atoms with Gasteiger partial charge in [-0.25, -0.2) is 0 Å². The lowest BCUT2D eigenvalue weighted by Gasteiger charge is -2.37. The van der Waals surface area contributed by atoms with Crippen molar-refractivity contribution >= 4 is 34.2 Å². The minimum absolute atomic E-state index is 0.0836. The zero-order valence-corrected chi connectivity index (χ0v) is 17.3. The van der Waals surface area contributed by atoms with E-state index in [-0.39, 0.29) is 18.1 Å². The number of ether oxygens (including phenoxy) is 1. The molecule has 32 heavy (non-hydrogen) atoms. The minimum Gasteiger partial charge on any atom is -0.406 e. The fraction of sp³-hybridized carbons (Fsp3) is 0.333. The van der Waals surface area contributed by atoms with Crippen molar-refractivity contribution in [3.05, 3.63) is 54.6 Å². The third-order valence-electron chi connectivity index (χ3n) is 5.20. The minimum atomic E-state index is -4.78. The summed E-state index contributed by atoms with van der Waals surface area (Å²) in [4.78, 5) is 17.3. The molecule has 1 aliphatic heterocycles. The van der Waals surface area contributed by atoms with Gasteiger partial charge in [0, 0.05) is 16.6 Å². The van der Waals surface area contributed by atoms with Gasteiger partial charge in [0.2, 0.25) is 5.91 Å². The second-order valence-electron chi connectivity index (χ2n) is 7.46. The molecule has 7 nitrogen and oxygen atoms in total. The van der Waals surface area contributed by atoms with E-state index in [2.05, 4.69) is 20.4 Å². The Hall–Kier alpha value is -2.76. The highest BCUT2D eigenvalue weighted by molar-refractivity contribution is 8.15. The maximum atomic E-state index is 12.9. The first-order chi connectivity index (χ1) is 15.2. The number of alkyl halides is 3. The molecule has 5 atom stereocenters. The second-order valence-corrected chi connectivity index (χ2v) is 8.63. The Balaban J connectivity index is 1.45. The summed E-state index contributed by atoms with van der Waals surface area (Å²) in [5, 5.41) is 26.5. The van der Waals surface area contributed by atoms with E-state index in [9.17, 15) is 28.2 Å². The number of aliphatic hydroxyl groups excluding tert-OH is 2. The van der Waals surface area contributed by atoms with Crippen LogP contribution >= 0.6 is 11.8 Å². The van der Waals surface area contributed by atoms with Crippen molar-refractivity contribution in [2.24, 2.45) is 10.9 Å². The number of anilines is 2. The lowest BCUT2D eigenvalue weighted by Crippen LogP contribution is -2.52. The molecule has 1 heterocycles. The van der Waals surface area contributed by atoms with Crippen LogP contribution in [0.2, 0.25) is 0 Å². The number of amides is 1. The third-order valence-corrected chi connectivity index (χ3v) is 6.51. The summed E-state index contributed by atoms with van der Waals surface area (Å²) >= 11 is 1.25. The molecule has 0 bridgehead atoms. The summed E-state index contributed by atoms with van der Waals surface area (Å²) in [5.41, 5.74) is 1.09. The van der Waals surface area contributed by atoms with Gasteiger partial charge in [0.25, 0.3) is 0 Å². The van der Waals surface area contributed by atoms with Crippen LogP contribution in [0, 0.1) is 5.92 Å². The molecule has 4 rings (SSSR count). The third kappa shape index (κ3) is 5.17. The number of nitrogens with zero attached hydrogens (tertiary/aromatic N) is 1. The van der Waals surface area contributed by atoms with E-state index in [0.29, 0.717) is 16.5 Å². The van der Waals surface area contributed by atoms with Crippen LogP contribution in [0.4, 0.5) is 24.5 Å². The predicted molar refractivity (Wildman–Crippen MR) is 115 cm³/mol.